The van der Waals surface area contributed by atoms with Crippen molar-refractivity contribution in [3.8, 4) is 0 Å². The van der Waals surface area contributed by atoms with E-state index < -0.39 is 28.6 Å². The van der Waals surface area contributed by atoms with Crippen LogP contribution in [0, 0.1) is 10.1 Å². The van der Waals surface area contributed by atoms with Crippen molar-refractivity contribution in [1.29, 1.82) is 0 Å². The first-order valence-corrected chi connectivity index (χ1v) is 6.01. The zero-order chi connectivity index (χ0) is 15.4. The van der Waals surface area contributed by atoms with Crippen molar-refractivity contribution in [1.82, 2.24) is 0 Å². The summed E-state index contributed by atoms with van der Waals surface area (Å²) in [5.41, 5.74) is -0.832. The molecule has 0 radical (unpaired) electrons. The Kier molecular flexibility index (Phi) is 4.45. The summed E-state index contributed by atoms with van der Waals surface area (Å²) in [5.74, 6) is -1.87. The molecule has 9 heteroatoms. The van der Waals surface area contributed by atoms with E-state index in [9.17, 15) is 19.7 Å². The molecule has 1 aliphatic heterocycles. The van der Waals surface area contributed by atoms with Crippen molar-refractivity contribution in [2.24, 2.45) is 0 Å². The molecule has 1 aromatic carbocycles. The van der Waals surface area contributed by atoms with Gasteiger partial charge in [-0.2, -0.15) is 0 Å². The SMILES string of the molecule is O=C(O)c1ccc(NC(=O)C2COCCO2)c([N+](=O)[O-])c1. The summed E-state index contributed by atoms with van der Waals surface area (Å²) in [7, 11) is 0. The van der Waals surface area contributed by atoms with E-state index in [1.54, 1.807) is 0 Å². The smallest absolute Gasteiger partial charge is 0.335 e. The maximum atomic E-state index is 11.9. The van der Waals surface area contributed by atoms with Gasteiger partial charge < -0.3 is 19.9 Å². The number of rotatable bonds is 4. The van der Waals surface area contributed by atoms with Crippen LogP contribution in [0.2, 0.25) is 0 Å². The zero-order valence-electron chi connectivity index (χ0n) is 10.8. The Morgan fingerprint density at radius 3 is 2.71 bits per heavy atom. The van der Waals surface area contributed by atoms with E-state index in [0.717, 1.165) is 6.07 Å². The number of nitrogens with one attached hydrogen (secondary N) is 1. The highest BCUT2D eigenvalue weighted by molar-refractivity contribution is 5.97. The van der Waals surface area contributed by atoms with Gasteiger partial charge in [0.05, 0.1) is 30.3 Å². The van der Waals surface area contributed by atoms with E-state index >= 15 is 0 Å². The van der Waals surface area contributed by atoms with Gasteiger partial charge in [0.25, 0.3) is 11.6 Å². The van der Waals surface area contributed by atoms with E-state index in [2.05, 4.69) is 5.32 Å². The van der Waals surface area contributed by atoms with Gasteiger partial charge in [0, 0.05) is 6.07 Å². The lowest BCUT2D eigenvalue weighted by Crippen LogP contribution is -2.39. The number of nitro groups is 1. The van der Waals surface area contributed by atoms with Gasteiger partial charge in [-0.05, 0) is 12.1 Å². The highest BCUT2D eigenvalue weighted by Crippen LogP contribution is 2.26. The van der Waals surface area contributed by atoms with E-state index in [-0.39, 0.29) is 24.5 Å². The number of aromatic carboxylic acids is 1. The summed E-state index contributed by atoms with van der Waals surface area (Å²) in [6.45, 7) is 0.711. The monoisotopic (exact) mass is 296 g/mol. The Labute approximate surface area is 118 Å². The molecule has 0 bridgehead atoms. The standard InChI is InChI=1S/C12H12N2O7/c15-11(10-6-20-3-4-21-10)13-8-2-1-7(12(16)17)5-9(8)14(18)19/h1-2,5,10H,3-4,6H2,(H,13,15)(H,16,17). The number of benzene rings is 1. The van der Waals surface area contributed by atoms with Gasteiger partial charge in [0.1, 0.15) is 5.69 Å². The van der Waals surface area contributed by atoms with Gasteiger partial charge >= 0.3 is 5.97 Å². The number of carboxylic acids is 1. The molecule has 1 amide bonds. The highest BCUT2D eigenvalue weighted by Gasteiger charge is 2.25. The van der Waals surface area contributed by atoms with Crippen molar-refractivity contribution >= 4 is 23.3 Å². The first-order valence-electron chi connectivity index (χ1n) is 6.01. The zero-order valence-corrected chi connectivity index (χ0v) is 10.8. The Hall–Kier alpha value is -2.52. The number of hydrogen-bond acceptors (Lipinski definition) is 6. The average Bonchev–Trinajstić information content (AvgIpc) is 2.48. The van der Waals surface area contributed by atoms with Crippen molar-refractivity contribution in [3.63, 3.8) is 0 Å². The van der Waals surface area contributed by atoms with Crippen LogP contribution in [0.4, 0.5) is 11.4 Å². The molecule has 1 fully saturated rings. The highest BCUT2D eigenvalue weighted by atomic mass is 16.6. The normalized spacial score (nSPS) is 18.0. The van der Waals surface area contributed by atoms with E-state index in [1.807, 2.05) is 0 Å². The molecule has 2 rings (SSSR count). The molecular weight excluding hydrogens is 284 g/mol. The van der Waals surface area contributed by atoms with E-state index in [1.165, 1.54) is 12.1 Å². The third-order valence-electron chi connectivity index (χ3n) is 2.81. The van der Waals surface area contributed by atoms with Crippen molar-refractivity contribution < 1.29 is 29.1 Å². The fourth-order valence-corrected chi connectivity index (χ4v) is 1.77. The summed E-state index contributed by atoms with van der Waals surface area (Å²) in [4.78, 5) is 32.9. The van der Waals surface area contributed by atoms with Crippen molar-refractivity contribution in [2.45, 2.75) is 6.10 Å². The lowest BCUT2D eigenvalue weighted by molar-refractivity contribution is -0.384. The second-order valence-electron chi connectivity index (χ2n) is 4.22. The fraction of sp³-hybridized carbons (Fsp3) is 0.333. The molecule has 21 heavy (non-hydrogen) atoms. The summed E-state index contributed by atoms with van der Waals surface area (Å²) in [6.07, 6.45) is -0.850. The molecule has 1 unspecified atom stereocenters. The molecule has 112 valence electrons. The Morgan fingerprint density at radius 1 is 1.38 bits per heavy atom. The second-order valence-corrected chi connectivity index (χ2v) is 4.22. The molecule has 1 aliphatic rings. The number of amides is 1. The molecule has 9 nitrogen and oxygen atoms in total. The van der Waals surface area contributed by atoms with Gasteiger partial charge in [-0.3, -0.25) is 14.9 Å². The number of nitrogens with zero attached hydrogens (tertiary/aromatic N) is 1. The molecule has 0 spiro atoms. The number of nitro benzene ring substituents is 1. The quantitative estimate of drug-likeness (QED) is 0.616. The lowest BCUT2D eigenvalue weighted by atomic mass is 10.1. The van der Waals surface area contributed by atoms with Crippen LogP contribution in [-0.2, 0) is 14.3 Å². The van der Waals surface area contributed by atoms with E-state index in [4.69, 9.17) is 14.6 Å². The first-order chi connectivity index (χ1) is 9.99. The molecule has 2 N–H and O–H groups in total. The molecule has 0 aliphatic carbocycles. The summed E-state index contributed by atoms with van der Waals surface area (Å²) >= 11 is 0. The van der Waals surface area contributed by atoms with Gasteiger partial charge in [-0.1, -0.05) is 0 Å². The fourth-order valence-electron chi connectivity index (χ4n) is 1.77. The molecular formula is C12H12N2O7. The second kappa shape index (κ2) is 6.29. The predicted octanol–water partition coefficient (Wildman–Crippen LogP) is 0.647. The van der Waals surface area contributed by atoms with Crippen LogP contribution in [0.1, 0.15) is 10.4 Å². The number of carboxylic acid groups (broad SMARTS) is 1. The summed E-state index contributed by atoms with van der Waals surface area (Å²) in [6, 6.07) is 3.22. The van der Waals surface area contributed by atoms with Gasteiger partial charge in [0.2, 0.25) is 0 Å². The Bertz CT molecular complexity index is 581. The molecule has 1 saturated heterocycles. The lowest BCUT2D eigenvalue weighted by Gasteiger charge is -2.22. The maximum Gasteiger partial charge on any atom is 0.335 e. The minimum atomic E-state index is -1.29. The number of hydrogen-bond donors (Lipinski definition) is 2. The number of anilines is 1. The largest absolute Gasteiger partial charge is 0.478 e. The number of ether oxygens (including phenoxy) is 2. The number of carbonyl (C=O) groups is 2. The minimum Gasteiger partial charge on any atom is -0.478 e. The number of carbonyl (C=O) groups excluding carboxylic acids is 1. The maximum absolute atomic E-state index is 11.9. The van der Waals surface area contributed by atoms with Crippen molar-refractivity contribution in [2.75, 3.05) is 25.1 Å². The molecule has 0 saturated carbocycles. The Balaban J connectivity index is 2.20. The molecule has 1 heterocycles. The van der Waals surface area contributed by atoms with Crippen LogP contribution in [0.5, 0.6) is 0 Å². The Morgan fingerprint density at radius 2 is 2.14 bits per heavy atom. The van der Waals surface area contributed by atoms with Gasteiger partial charge in [-0.25, -0.2) is 4.79 Å². The first kappa shape index (κ1) is 14.9. The van der Waals surface area contributed by atoms with Gasteiger partial charge in [-0.15, -0.1) is 0 Å². The average molecular weight is 296 g/mol. The minimum absolute atomic E-state index is 0.0623. The summed E-state index contributed by atoms with van der Waals surface area (Å²) < 4.78 is 10.2. The van der Waals surface area contributed by atoms with Gasteiger partial charge in [0.15, 0.2) is 6.10 Å². The third kappa shape index (κ3) is 3.52. The topological polar surface area (TPSA) is 128 Å². The van der Waals surface area contributed by atoms with Crippen molar-refractivity contribution in [3.05, 3.63) is 33.9 Å². The van der Waals surface area contributed by atoms with Crippen LogP contribution in [0.3, 0.4) is 0 Å². The summed E-state index contributed by atoms with van der Waals surface area (Å²) in [5, 5.41) is 22.1. The molecule has 1 atom stereocenters. The van der Waals surface area contributed by atoms with Crippen LogP contribution >= 0.6 is 0 Å². The van der Waals surface area contributed by atoms with Crippen LogP contribution in [-0.4, -0.2) is 47.8 Å². The van der Waals surface area contributed by atoms with Crippen LogP contribution in [0.25, 0.3) is 0 Å². The molecule has 0 aromatic heterocycles. The van der Waals surface area contributed by atoms with E-state index in [0.29, 0.717) is 6.61 Å². The molecule has 1 aromatic rings. The third-order valence-corrected chi connectivity index (χ3v) is 2.81. The predicted molar refractivity (Wildman–Crippen MR) is 69.2 cm³/mol. The van der Waals surface area contributed by atoms with Crippen LogP contribution in [0.15, 0.2) is 18.2 Å². The van der Waals surface area contributed by atoms with Crippen LogP contribution < -0.4 is 5.32 Å².